The molecule has 0 aromatic carbocycles. The van der Waals surface area contributed by atoms with E-state index in [1.807, 2.05) is 6.07 Å². The Morgan fingerprint density at radius 1 is 1.42 bits per heavy atom. The number of anilines is 1. The third-order valence-corrected chi connectivity index (χ3v) is 4.70. The van der Waals surface area contributed by atoms with Crippen LogP contribution < -0.4 is 10.6 Å². The maximum Gasteiger partial charge on any atom is 0.255 e. The van der Waals surface area contributed by atoms with Crippen molar-refractivity contribution in [3.8, 4) is 0 Å². The summed E-state index contributed by atoms with van der Waals surface area (Å²) in [5.41, 5.74) is 0.633. The fourth-order valence-electron chi connectivity index (χ4n) is 3.73. The molecule has 3 rings (SSSR count). The van der Waals surface area contributed by atoms with Crippen LogP contribution in [-0.4, -0.2) is 24.5 Å². The van der Waals surface area contributed by atoms with Gasteiger partial charge in [-0.25, -0.2) is 4.98 Å². The van der Waals surface area contributed by atoms with Gasteiger partial charge in [-0.2, -0.15) is 0 Å². The maximum absolute atomic E-state index is 12.2. The van der Waals surface area contributed by atoms with Crippen molar-refractivity contribution < 1.29 is 4.79 Å². The fraction of sp³-hybridized carbons (Fsp3) is 0.600. The van der Waals surface area contributed by atoms with Crippen molar-refractivity contribution >= 4 is 11.7 Å². The van der Waals surface area contributed by atoms with E-state index in [4.69, 9.17) is 0 Å². The first-order valence-corrected chi connectivity index (χ1v) is 7.19. The third kappa shape index (κ3) is 2.44. The maximum atomic E-state index is 12.2. The van der Waals surface area contributed by atoms with Gasteiger partial charge in [0.2, 0.25) is 0 Å². The lowest BCUT2D eigenvalue weighted by Crippen LogP contribution is -2.32. The van der Waals surface area contributed by atoms with E-state index in [9.17, 15) is 4.79 Å². The van der Waals surface area contributed by atoms with Crippen LogP contribution in [0.5, 0.6) is 0 Å². The monoisotopic (exact) mass is 259 g/mol. The molecule has 2 fully saturated rings. The van der Waals surface area contributed by atoms with Crippen molar-refractivity contribution in [2.75, 3.05) is 18.9 Å². The van der Waals surface area contributed by atoms with Crippen LogP contribution in [-0.2, 0) is 0 Å². The SMILES string of the molecule is CNc1ncccc1C(=O)NCC1CC2CCC1C2. The molecule has 0 saturated heterocycles. The number of aromatic nitrogens is 1. The summed E-state index contributed by atoms with van der Waals surface area (Å²) in [6, 6.07) is 3.61. The Bertz CT molecular complexity index is 474. The second-order valence-electron chi connectivity index (χ2n) is 5.79. The van der Waals surface area contributed by atoms with E-state index < -0.39 is 0 Å². The van der Waals surface area contributed by atoms with Crippen LogP contribution >= 0.6 is 0 Å². The summed E-state index contributed by atoms with van der Waals surface area (Å²) in [4.78, 5) is 16.4. The van der Waals surface area contributed by atoms with Crippen LogP contribution in [0.2, 0.25) is 0 Å². The van der Waals surface area contributed by atoms with Crippen LogP contribution in [0, 0.1) is 17.8 Å². The molecular formula is C15H21N3O. The lowest BCUT2D eigenvalue weighted by Gasteiger charge is -2.22. The Morgan fingerprint density at radius 3 is 3.00 bits per heavy atom. The standard InChI is InChI=1S/C15H21N3O/c1-16-14-13(3-2-6-17-14)15(19)18-9-12-8-10-4-5-11(12)7-10/h2-3,6,10-12H,4-5,7-9H2,1H3,(H,16,17)(H,18,19). The Hall–Kier alpha value is -1.58. The number of fused-ring (bicyclic) bond motifs is 2. The molecule has 0 radical (unpaired) electrons. The highest BCUT2D eigenvalue weighted by molar-refractivity contribution is 5.98. The normalized spacial score (nSPS) is 28.4. The Kier molecular flexibility index (Phi) is 3.40. The molecule has 2 aliphatic carbocycles. The van der Waals surface area contributed by atoms with Gasteiger partial charge in [0.05, 0.1) is 5.56 Å². The third-order valence-electron chi connectivity index (χ3n) is 4.70. The molecule has 1 heterocycles. The van der Waals surface area contributed by atoms with Gasteiger partial charge in [0.1, 0.15) is 5.82 Å². The second kappa shape index (κ2) is 5.19. The van der Waals surface area contributed by atoms with Gasteiger partial charge in [-0.15, -0.1) is 0 Å². The number of carbonyl (C=O) groups is 1. The molecule has 4 nitrogen and oxygen atoms in total. The number of amides is 1. The van der Waals surface area contributed by atoms with Crippen LogP contribution in [0.4, 0.5) is 5.82 Å². The predicted octanol–water partition coefficient (Wildman–Crippen LogP) is 2.29. The summed E-state index contributed by atoms with van der Waals surface area (Å²) in [5, 5.41) is 6.04. The molecule has 19 heavy (non-hydrogen) atoms. The smallest absolute Gasteiger partial charge is 0.255 e. The van der Waals surface area contributed by atoms with Gasteiger partial charge in [0, 0.05) is 19.8 Å². The van der Waals surface area contributed by atoms with Crippen molar-refractivity contribution in [2.24, 2.45) is 17.8 Å². The second-order valence-corrected chi connectivity index (χ2v) is 5.79. The van der Waals surface area contributed by atoms with Gasteiger partial charge < -0.3 is 10.6 Å². The minimum Gasteiger partial charge on any atom is -0.372 e. The van der Waals surface area contributed by atoms with Crippen LogP contribution in [0.1, 0.15) is 36.0 Å². The molecular weight excluding hydrogens is 238 g/mol. The first-order chi connectivity index (χ1) is 9.28. The van der Waals surface area contributed by atoms with Crippen molar-refractivity contribution in [1.82, 2.24) is 10.3 Å². The van der Waals surface area contributed by atoms with Gasteiger partial charge in [-0.3, -0.25) is 4.79 Å². The molecule has 2 aliphatic rings. The minimum atomic E-state index is -0.0137. The molecule has 3 unspecified atom stereocenters. The Morgan fingerprint density at radius 2 is 2.32 bits per heavy atom. The number of rotatable bonds is 4. The van der Waals surface area contributed by atoms with E-state index in [2.05, 4.69) is 15.6 Å². The van der Waals surface area contributed by atoms with Gasteiger partial charge in [0.25, 0.3) is 5.91 Å². The molecule has 2 N–H and O–H groups in total. The zero-order valence-corrected chi connectivity index (χ0v) is 11.4. The van der Waals surface area contributed by atoms with Crippen molar-refractivity contribution in [3.63, 3.8) is 0 Å². The fourth-order valence-corrected chi connectivity index (χ4v) is 3.73. The van der Waals surface area contributed by atoms with Gasteiger partial charge in [-0.05, 0) is 49.1 Å². The molecule has 1 amide bonds. The quantitative estimate of drug-likeness (QED) is 0.872. The minimum absolute atomic E-state index is 0.0137. The number of carbonyl (C=O) groups excluding carboxylic acids is 1. The van der Waals surface area contributed by atoms with E-state index in [-0.39, 0.29) is 5.91 Å². The highest BCUT2D eigenvalue weighted by Crippen LogP contribution is 2.47. The summed E-state index contributed by atoms with van der Waals surface area (Å²) >= 11 is 0. The number of hydrogen-bond donors (Lipinski definition) is 2. The summed E-state index contributed by atoms with van der Waals surface area (Å²) in [7, 11) is 1.79. The van der Waals surface area contributed by atoms with E-state index in [0.717, 1.165) is 18.4 Å². The first-order valence-electron chi connectivity index (χ1n) is 7.19. The average molecular weight is 259 g/mol. The molecule has 2 bridgehead atoms. The van der Waals surface area contributed by atoms with Crippen molar-refractivity contribution in [2.45, 2.75) is 25.7 Å². The Balaban J connectivity index is 1.59. The highest BCUT2D eigenvalue weighted by Gasteiger charge is 2.39. The van der Waals surface area contributed by atoms with Crippen LogP contribution in [0.15, 0.2) is 18.3 Å². The molecule has 1 aromatic rings. The van der Waals surface area contributed by atoms with E-state index in [1.54, 1.807) is 19.3 Å². The van der Waals surface area contributed by atoms with E-state index in [0.29, 0.717) is 17.3 Å². The zero-order chi connectivity index (χ0) is 13.2. The molecule has 102 valence electrons. The van der Waals surface area contributed by atoms with Crippen molar-refractivity contribution in [3.05, 3.63) is 23.9 Å². The summed E-state index contributed by atoms with van der Waals surface area (Å²) in [6.07, 6.45) is 7.14. The summed E-state index contributed by atoms with van der Waals surface area (Å²) in [6.45, 7) is 0.818. The molecule has 4 heteroatoms. The number of hydrogen-bond acceptors (Lipinski definition) is 3. The molecule has 0 aliphatic heterocycles. The lowest BCUT2D eigenvalue weighted by atomic mass is 9.89. The predicted molar refractivity (Wildman–Crippen MR) is 75.1 cm³/mol. The van der Waals surface area contributed by atoms with E-state index in [1.165, 1.54) is 25.7 Å². The lowest BCUT2D eigenvalue weighted by molar-refractivity contribution is 0.0942. The number of nitrogens with one attached hydrogen (secondary N) is 2. The highest BCUT2D eigenvalue weighted by atomic mass is 16.1. The first kappa shape index (κ1) is 12.5. The number of nitrogens with zero attached hydrogens (tertiary/aromatic N) is 1. The average Bonchev–Trinajstić information content (AvgIpc) is 3.07. The zero-order valence-electron chi connectivity index (χ0n) is 11.4. The molecule has 0 spiro atoms. The van der Waals surface area contributed by atoms with Gasteiger partial charge >= 0.3 is 0 Å². The topological polar surface area (TPSA) is 54.0 Å². The molecule has 3 atom stereocenters. The van der Waals surface area contributed by atoms with E-state index >= 15 is 0 Å². The van der Waals surface area contributed by atoms with Crippen LogP contribution in [0.3, 0.4) is 0 Å². The Labute approximate surface area is 114 Å². The molecule has 2 saturated carbocycles. The number of pyridine rings is 1. The van der Waals surface area contributed by atoms with Gasteiger partial charge in [-0.1, -0.05) is 6.42 Å². The summed E-state index contributed by atoms with van der Waals surface area (Å²) in [5.74, 6) is 3.10. The largest absolute Gasteiger partial charge is 0.372 e. The molecule has 1 aromatic heterocycles. The van der Waals surface area contributed by atoms with Gasteiger partial charge in [0.15, 0.2) is 0 Å². The van der Waals surface area contributed by atoms with Crippen LogP contribution in [0.25, 0.3) is 0 Å². The van der Waals surface area contributed by atoms with Crippen molar-refractivity contribution in [1.29, 1.82) is 0 Å². The summed E-state index contributed by atoms with van der Waals surface area (Å²) < 4.78 is 0.